The van der Waals surface area contributed by atoms with E-state index in [1.54, 1.807) is 0 Å². The van der Waals surface area contributed by atoms with Crippen molar-refractivity contribution in [1.29, 1.82) is 0 Å². The zero-order valence-corrected chi connectivity index (χ0v) is 18.7. The third-order valence-corrected chi connectivity index (χ3v) is 4.44. The Morgan fingerprint density at radius 3 is 2.77 bits per heavy atom. The number of aromatic nitrogens is 2. The average molecular weight is 477 g/mol. The van der Waals surface area contributed by atoms with Crippen LogP contribution in [-0.4, -0.2) is 48.1 Å². The summed E-state index contributed by atoms with van der Waals surface area (Å²) < 4.78 is 7.94. The van der Waals surface area contributed by atoms with Crippen LogP contribution in [0.5, 0.6) is 0 Å². The molecule has 0 saturated heterocycles. The third-order valence-electron chi connectivity index (χ3n) is 4.44. The van der Waals surface area contributed by atoms with Crippen LogP contribution in [-0.2, 0) is 11.3 Å². The minimum Gasteiger partial charge on any atom is -0.378 e. The second kappa shape index (κ2) is 14.3. The largest absolute Gasteiger partial charge is 0.378 e. The molecule has 2 rings (SSSR count). The molecule has 6 nitrogen and oxygen atoms in total. The van der Waals surface area contributed by atoms with Gasteiger partial charge in [0.1, 0.15) is 0 Å². The van der Waals surface area contributed by atoms with Crippen LogP contribution in [0.4, 0.5) is 0 Å². The van der Waals surface area contributed by atoms with Gasteiger partial charge in [-0.1, -0.05) is 19.3 Å². The zero-order valence-electron chi connectivity index (χ0n) is 16.4. The van der Waals surface area contributed by atoms with E-state index in [4.69, 9.17) is 4.74 Å². The number of guanidine groups is 1. The van der Waals surface area contributed by atoms with E-state index < -0.39 is 0 Å². The number of nitrogens with zero attached hydrogens (tertiary/aromatic N) is 3. The molecular formula is C19H36IN5O. The number of hydrogen-bond acceptors (Lipinski definition) is 3. The van der Waals surface area contributed by atoms with Gasteiger partial charge in [0, 0.05) is 39.0 Å². The highest BCUT2D eigenvalue weighted by Crippen LogP contribution is 2.20. The minimum absolute atomic E-state index is 0. The molecule has 1 aromatic rings. The molecule has 2 N–H and O–H groups in total. The van der Waals surface area contributed by atoms with Gasteiger partial charge in [0.15, 0.2) is 5.96 Å². The number of rotatable bonds is 10. The predicted molar refractivity (Wildman–Crippen MR) is 118 cm³/mol. The van der Waals surface area contributed by atoms with E-state index in [0.29, 0.717) is 6.10 Å². The summed E-state index contributed by atoms with van der Waals surface area (Å²) in [6.07, 6.45) is 13.0. The van der Waals surface area contributed by atoms with E-state index in [1.165, 1.54) is 37.7 Å². The number of aliphatic imine (C=N–C) groups is 1. The Labute approximate surface area is 175 Å². The summed E-state index contributed by atoms with van der Waals surface area (Å²) in [7, 11) is 0. The van der Waals surface area contributed by atoms with Crippen molar-refractivity contribution in [3.8, 4) is 0 Å². The summed E-state index contributed by atoms with van der Waals surface area (Å²) in [6.45, 7) is 8.48. The lowest BCUT2D eigenvalue weighted by Gasteiger charge is -2.22. The molecule has 150 valence electrons. The van der Waals surface area contributed by atoms with Crippen molar-refractivity contribution >= 4 is 29.9 Å². The summed E-state index contributed by atoms with van der Waals surface area (Å²) >= 11 is 0. The molecule has 0 amide bonds. The molecule has 1 aromatic heterocycles. The van der Waals surface area contributed by atoms with E-state index in [-0.39, 0.29) is 24.0 Å². The van der Waals surface area contributed by atoms with Gasteiger partial charge in [-0.3, -0.25) is 9.67 Å². The van der Waals surface area contributed by atoms with Crippen LogP contribution in [0.2, 0.25) is 0 Å². The van der Waals surface area contributed by atoms with Gasteiger partial charge in [0.2, 0.25) is 0 Å². The molecule has 1 fully saturated rings. The van der Waals surface area contributed by atoms with Crippen molar-refractivity contribution in [2.75, 3.05) is 26.2 Å². The van der Waals surface area contributed by atoms with E-state index >= 15 is 0 Å². The summed E-state index contributed by atoms with van der Waals surface area (Å²) in [6, 6.07) is 0. The van der Waals surface area contributed by atoms with Crippen LogP contribution in [0.15, 0.2) is 17.4 Å². The smallest absolute Gasteiger partial charge is 0.191 e. The first-order valence-corrected chi connectivity index (χ1v) is 9.90. The lowest BCUT2D eigenvalue weighted by molar-refractivity contribution is 0.0277. The third kappa shape index (κ3) is 9.75. The number of ether oxygens (including phenoxy) is 1. The highest BCUT2D eigenvalue weighted by atomic mass is 127. The van der Waals surface area contributed by atoms with Gasteiger partial charge in [-0.25, -0.2) is 0 Å². The van der Waals surface area contributed by atoms with Crippen LogP contribution in [0.25, 0.3) is 0 Å². The molecule has 7 heteroatoms. The molecule has 1 aliphatic rings. The number of aryl methyl sites for hydroxylation is 2. The van der Waals surface area contributed by atoms with Gasteiger partial charge in [-0.05, 0) is 45.1 Å². The minimum atomic E-state index is 0. The Bertz CT molecular complexity index is 500. The Hall–Kier alpha value is -0.830. The molecule has 26 heavy (non-hydrogen) atoms. The van der Waals surface area contributed by atoms with Crippen LogP contribution in [0.3, 0.4) is 0 Å². The quantitative estimate of drug-likeness (QED) is 0.235. The van der Waals surface area contributed by atoms with Gasteiger partial charge in [-0.2, -0.15) is 5.10 Å². The highest BCUT2D eigenvalue weighted by molar-refractivity contribution is 14.0. The highest BCUT2D eigenvalue weighted by Gasteiger charge is 2.12. The molecule has 0 spiro atoms. The standard InChI is InChI=1S/C19H35N5O.HI/c1-3-20-19(21-11-7-13-24-16-17(2)15-23-24)22-12-8-14-25-18-9-5-4-6-10-18;/h15-16,18H,3-14H2,1-2H3,(H2,20,21,22);1H. The maximum Gasteiger partial charge on any atom is 0.191 e. The van der Waals surface area contributed by atoms with Crippen molar-refractivity contribution in [2.45, 2.75) is 71.4 Å². The second-order valence-electron chi connectivity index (χ2n) is 6.81. The SMILES string of the molecule is CCNC(=NCCCn1cc(C)cn1)NCCCOC1CCCCC1.I. The van der Waals surface area contributed by atoms with Crippen molar-refractivity contribution in [2.24, 2.45) is 4.99 Å². The monoisotopic (exact) mass is 477 g/mol. The number of halogens is 1. The van der Waals surface area contributed by atoms with Gasteiger partial charge in [0.25, 0.3) is 0 Å². The molecule has 0 atom stereocenters. The molecule has 0 unspecified atom stereocenters. The van der Waals surface area contributed by atoms with Crippen molar-refractivity contribution in [3.05, 3.63) is 18.0 Å². The van der Waals surface area contributed by atoms with E-state index in [2.05, 4.69) is 40.8 Å². The van der Waals surface area contributed by atoms with Gasteiger partial charge < -0.3 is 15.4 Å². The van der Waals surface area contributed by atoms with Gasteiger partial charge in [0.05, 0.1) is 12.3 Å². The predicted octanol–water partition coefficient (Wildman–Crippen LogP) is 3.49. The Balaban J connectivity index is 0.00000338. The van der Waals surface area contributed by atoms with Crippen molar-refractivity contribution in [1.82, 2.24) is 20.4 Å². The summed E-state index contributed by atoms with van der Waals surface area (Å²) in [4.78, 5) is 4.64. The first-order chi connectivity index (χ1) is 12.3. The molecule has 1 saturated carbocycles. The Morgan fingerprint density at radius 1 is 1.27 bits per heavy atom. The van der Waals surface area contributed by atoms with E-state index in [0.717, 1.165) is 51.6 Å². The lowest BCUT2D eigenvalue weighted by atomic mass is 9.98. The van der Waals surface area contributed by atoms with Crippen LogP contribution in [0, 0.1) is 6.92 Å². The Morgan fingerprint density at radius 2 is 2.08 bits per heavy atom. The summed E-state index contributed by atoms with van der Waals surface area (Å²) in [5, 5.41) is 11.0. The first-order valence-electron chi connectivity index (χ1n) is 9.90. The number of nitrogens with one attached hydrogen (secondary N) is 2. The second-order valence-corrected chi connectivity index (χ2v) is 6.81. The lowest BCUT2D eigenvalue weighted by Crippen LogP contribution is -2.38. The van der Waals surface area contributed by atoms with Crippen LogP contribution in [0.1, 0.15) is 57.4 Å². The molecule has 0 bridgehead atoms. The molecule has 1 aliphatic carbocycles. The molecule has 1 heterocycles. The maximum absolute atomic E-state index is 5.96. The topological polar surface area (TPSA) is 63.5 Å². The zero-order chi connectivity index (χ0) is 17.7. The normalized spacial score (nSPS) is 15.5. The fourth-order valence-corrected chi connectivity index (χ4v) is 3.12. The van der Waals surface area contributed by atoms with E-state index in [9.17, 15) is 0 Å². The van der Waals surface area contributed by atoms with Crippen LogP contribution >= 0.6 is 24.0 Å². The molecule has 0 aromatic carbocycles. The molecule has 0 radical (unpaired) electrons. The van der Waals surface area contributed by atoms with Crippen molar-refractivity contribution < 1.29 is 4.74 Å². The molecule has 0 aliphatic heterocycles. The molecular weight excluding hydrogens is 441 g/mol. The average Bonchev–Trinajstić information content (AvgIpc) is 3.04. The fraction of sp³-hybridized carbons (Fsp3) is 0.789. The number of hydrogen-bond donors (Lipinski definition) is 2. The summed E-state index contributed by atoms with van der Waals surface area (Å²) in [5.74, 6) is 0.900. The van der Waals surface area contributed by atoms with Crippen molar-refractivity contribution in [3.63, 3.8) is 0 Å². The van der Waals surface area contributed by atoms with E-state index in [1.807, 2.05) is 10.9 Å². The first kappa shape index (κ1) is 23.2. The van der Waals surface area contributed by atoms with Gasteiger partial charge in [-0.15, -0.1) is 24.0 Å². The maximum atomic E-state index is 5.96. The van der Waals surface area contributed by atoms with Gasteiger partial charge >= 0.3 is 0 Å². The Kier molecular flexibility index (Phi) is 12.7. The van der Waals surface area contributed by atoms with Crippen LogP contribution < -0.4 is 10.6 Å². The summed E-state index contributed by atoms with van der Waals surface area (Å²) in [5.41, 5.74) is 1.20. The fourth-order valence-electron chi connectivity index (χ4n) is 3.12.